The third-order valence-corrected chi connectivity index (χ3v) is 4.34. The third kappa shape index (κ3) is 7.65. The van der Waals surface area contributed by atoms with E-state index >= 15 is 0 Å². The Morgan fingerprint density at radius 1 is 0.447 bits per heavy atom. The molecule has 226 valence electrons. The van der Waals surface area contributed by atoms with E-state index in [0.717, 1.165) is 0 Å². The van der Waals surface area contributed by atoms with E-state index in [1.54, 1.807) is 0 Å². The number of hydrogen-bond acceptors (Lipinski definition) is 6. The maximum Gasteiger partial charge on any atom is 0.429 e. The Balaban J connectivity index is 5.00. The summed E-state index contributed by atoms with van der Waals surface area (Å²) in [4.78, 5) is 19.8. The molecule has 0 aromatic carbocycles. The second kappa shape index (κ2) is 11.1. The van der Waals surface area contributed by atoms with Gasteiger partial charge in [0.1, 0.15) is 11.9 Å². The van der Waals surface area contributed by atoms with Gasteiger partial charge in [-0.25, -0.2) is 9.47 Å². The van der Waals surface area contributed by atoms with Gasteiger partial charge in [0.25, 0.3) is 0 Å². The molecule has 0 aromatic heterocycles. The summed E-state index contributed by atoms with van der Waals surface area (Å²) in [7, 11) is 0. The van der Waals surface area contributed by atoms with E-state index in [2.05, 4.69) is 0 Å². The van der Waals surface area contributed by atoms with E-state index in [9.17, 15) is 90.0 Å². The Labute approximate surface area is 199 Å². The first-order chi connectivity index (χ1) is 16.5. The number of carbonyl (C=O) groups is 2. The predicted molar refractivity (Wildman–Crippen MR) is 79.5 cm³/mol. The molecule has 0 amide bonds. The fourth-order valence-electron chi connectivity index (χ4n) is 2.18. The van der Waals surface area contributed by atoms with Crippen LogP contribution in [0.5, 0.6) is 0 Å². The monoisotopic (exact) mass is 604 g/mol. The summed E-state index contributed by atoms with van der Waals surface area (Å²) in [6, 6.07) is 0. The minimum atomic E-state index is -6.71. The summed E-state index contributed by atoms with van der Waals surface area (Å²) in [5.41, 5.74) is 0. The molecule has 0 aromatic rings. The molecule has 0 saturated heterocycles. The van der Waals surface area contributed by atoms with Crippen LogP contribution in [-0.4, -0.2) is 60.1 Å². The van der Waals surface area contributed by atoms with Crippen LogP contribution in [0.2, 0.25) is 0 Å². The van der Waals surface area contributed by atoms with Gasteiger partial charge in [-0.05, 0) is 12.8 Å². The fraction of sp³-hybridized carbons (Fsp3) is 0.875. The molecule has 0 radical (unpaired) electrons. The highest BCUT2D eigenvalue weighted by Gasteiger charge is 2.70. The zero-order valence-corrected chi connectivity index (χ0v) is 17.7. The number of alkyl halides is 16. The molecule has 0 unspecified atom stereocenters. The van der Waals surface area contributed by atoms with E-state index < -0.39 is 98.6 Å². The van der Waals surface area contributed by atoms with Crippen molar-refractivity contribution in [2.75, 3.05) is 0 Å². The van der Waals surface area contributed by atoms with Crippen LogP contribution in [0.15, 0.2) is 0 Å². The second-order valence-corrected chi connectivity index (χ2v) is 7.32. The van der Waals surface area contributed by atoms with Crippen LogP contribution in [0.3, 0.4) is 0 Å². The number of carbonyl (C=O) groups excluding carboxylic acids is 2. The summed E-state index contributed by atoms with van der Waals surface area (Å²) in [5, 5.41) is 19.8. The number of unbranched alkanes of at least 4 members (excludes halogenated alkanes) is 3. The molecule has 0 aliphatic heterocycles. The van der Waals surface area contributed by atoms with Crippen molar-refractivity contribution < 1.29 is 99.5 Å². The molecule has 0 aliphatic carbocycles. The SMILES string of the molecule is O=C([O-])C(F)(F)C(F)(F)OC(F)(F)C(F)(F)CCCCCCC(F)(F)C(F)(F)OC(F)(F)C(F)(F)C(=O)[O-]. The van der Waals surface area contributed by atoms with Crippen molar-refractivity contribution in [3.05, 3.63) is 0 Å². The molecule has 0 heterocycles. The van der Waals surface area contributed by atoms with Gasteiger partial charge in [0.15, 0.2) is 0 Å². The van der Waals surface area contributed by atoms with Crippen molar-refractivity contribution in [2.24, 2.45) is 0 Å². The molecule has 0 bridgehead atoms. The molecule has 0 aliphatic rings. The van der Waals surface area contributed by atoms with Crippen molar-refractivity contribution in [2.45, 2.75) is 86.6 Å². The largest absolute Gasteiger partial charge is 0.544 e. The summed E-state index contributed by atoms with van der Waals surface area (Å²) in [6.07, 6.45) is -35.1. The molecule has 0 atom stereocenters. The van der Waals surface area contributed by atoms with E-state index in [1.807, 2.05) is 9.47 Å². The first-order valence-corrected chi connectivity index (χ1v) is 9.36. The van der Waals surface area contributed by atoms with Crippen LogP contribution in [0.4, 0.5) is 70.2 Å². The highest BCUT2D eigenvalue weighted by atomic mass is 19.4. The van der Waals surface area contributed by atoms with Gasteiger partial charge in [0.2, 0.25) is 0 Å². The fourth-order valence-corrected chi connectivity index (χ4v) is 2.18. The number of carboxylic acids is 2. The molecule has 0 saturated carbocycles. The molecule has 0 N–H and O–H groups in total. The predicted octanol–water partition coefficient (Wildman–Crippen LogP) is 3.77. The van der Waals surface area contributed by atoms with Gasteiger partial charge >= 0.3 is 48.1 Å². The molecule has 0 spiro atoms. The van der Waals surface area contributed by atoms with Gasteiger partial charge in [-0.15, -0.1) is 0 Å². The van der Waals surface area contributed by atoms with Crippen LogP contribution in [0.25, 0.3) is 0 Å². The topological polar surface area (TPSA) is 98.7 Å². The standard InChI is InChI=1S/C16H14F16O6/c17-9(18,13(25,26)37-15(29,30)11(21,22)7(33)34)5-3-1-2-4-6-10(19,20)14(27,28)38-16(31,32)12(23,24)8(35)36/h1-6H2,(H,33,34)(H,35,36)/p-2. The Hall–Kier alpha value is -2.26. The lowest BCUT2D eigenvalue weighted by molar-refractivity contribution is -0.472. The maximum atomic E-state index is 13.5. The summed E-state index contributed by atoms with van der Waals surface area (Å²) in [6.45, 7) is 0. The summed E-state index contributed by atoms with van der Waals surface area (Å²) < 4.78 is 213. The summed E-state index contributed by atoms with van der Waals surface area (Å²) in [5.74, 6) is -32.4. The van der Waals surface area contributed by atoms with Gasteiger partial charge in [-0.3, -0.25) is 0 Å². The number of rotatable bonds is 17. The number of halogens is 16. The Morgan fingerprint density at radius 2 is 0.684 bits per heavy atom. The quantitative estimate of drug-likeness (QED) is 0.185. The minimum Gasteiger partial charge on any atom is -0.544 e. The number of ether oxygens (including phenoxy) is 2. The molecule has 0 rings (SSSR count). The Kier molecular flexibility index (Phi) is 10.4. The van der Waals surface area contributed by atoms with Gasteiger partial charge in [-0.2, -0.15) is 70.2 Å². The molecular weight excluding hydrogens is 592 g/mol. The highest BCUT2D eigenvalue weighted by molar-refractivity contribution is 5.74. The normalized spacial score (nSPS) is 15.1. The number of hydrogen-bond donors (Lipinski definition) is 0. The zero-order valence-electron chi connectivity index (χ0n) is 17.7. The highest BCUT2D eigenvalue weighted by Crippen LogP contribution is 2.48. The van der Waals surface area contributed by atoms with Crippen LogP contribution in [0, 0.1) is 0 Å². The van der Waals surface area contributed by atoms with Crippen molar-refractivity contribution >= 4 is 11.9 Å². The van der Waals surface area contributed by atoms with Crippen molar-refractivity contribution in [1.82, 2.24) is 0 Å². The van der Waals surface area contributed by atoms with Gasteiger partial charge in [-0.1, -0.05) is 12.8 Å². The lowest BCUT2D eigenvalue weighted by Crippen LogP contribution is -2.59. The first-order valence-electron chi connectivity index (χ1n) is 9.36. The van der Waals surface area contributed by atoms with Crippen LogP contribution >= 0.6 is 0 Å². The maximum absolute atomic E-state index is 13.5. The number of carboxylic acid groups (broad SMARTS) is 2. The van der Waals surface area contributed by atoms with Crippen LogP contribution in [-0.2, 0) is 19.1 Å². The van der Waals surface area contributed by atoms with E-state index in [-0.39, 0.29) is 0 Å². The lowest BCUT2D eigenvalue weighted by Gasteiger charge is -2.33. The van der Waals surface area contributed by atoms with Gasteiger partial charge < -0.3 is 19.8 Å². The summed E-state index contributed by atoms with van der Waals surface area (Å²) >= 11 is 0. The molecule has 22 heteroatoms. The van der Waals surface area contributed by atoms with Crippen LogP contribution < -0.4 is 10.2 Å². The minimum absolute atomic E-state index is 0.904. The van der Waals surface area contributed by atoms with Crippen molar-refractivity contribution in [1.29, 1.82) is 0 Å². The Bertz CT molecular complexity index is 776. The molecule has 6 nitrogen and oxygen atoms in total. The first kappa shape index (κ1) is 35.7. The zero-order chi connectivity index (χ0) is 30.8. The van der Waals surface area contributed by atoms with E-state index in [0.29, 0.717) is 0 Å². The lowest BCUT2D eigenvalue weighted by atomic mass is 10.0. The van der Waals surface area contributed by atoms with E-state index in [1.165, 1.54) is 0 Å². The molecule has 38 heavy (non-hydrogen) atoms. The Morgan fingerprint density at radius 3 is 0.895 bits per heavy atom. The number of aliphatic carboxylic acids is 2. The molecule has 0 fully saturated rings. The molecular formula is C16H12F16O6-2. The van der Waals surface area contributed by atoms with E-state index in [4.69, 9.17) is 0 Å². The second-order valence-electron chi connectivity index (χ2n) is 7.32. The smallest absolute Gasteiger partial charge is 0.429 e. The van der Waals surface area contributed by atoms with Crippen molar-refractivity contribution in [3.8, 4) is 0 Å². The van der Waals surface area contributed by atoms with Crippen LogP contribution in [0.1, 0.15) is 38.5 Å². The average Bonchev–Trinajstić information content (AvgIpc) is 2.68. The third-order valence-electron chi connectivity index (χ3n) is 4.34. The van der Waals surface area contributed by atoms with Gasteiger partial charge in [0, 0.05) is 12.8 Å². The average molecular weight is 604 g/mol. The van der Waals surface area contributed by atoms with Gasteiger partial charge in [0.05, 0.1) is 0 Å². The van der Waals surface area contributed by atoms with Crippen molar-refractivity contribution in [3.63, 3.8) is 0 Å².